The topological polar surface area (TPSA) is 32.3 Å². The van der Waals surface area contributed by atoms with Crippen molar-refractivity contribution in [3.05, 3.63) is 0 Å². The number of likely N-dealkylation sites (N-methyl/N-ethyl adjacent to an activating group) is 1. The molecule has 1 aliphatic rings. The molecule has 1 aliphatic carbocycles. The van der Waals surface area contributed by atoms with E-state index in [1.54, 1.807) is 4.90 Å². The Morgan fingerprint density at radius 2 is 2.14 bits per heavy atom. The molecule has 0 spiro atoms. The summed E-state index contributed by atoms with van der Waals surface area (Å²) in [4.78, 5) is 13.1. The molecule has 0 aliphatic heterocycles. The molecule has 0 heterocycles. The maximum atomic E-state index is 11.4. The highest BCUT2D eigenvalue weighted by molar-refractivity contribution is 5.77. The Bertz CT molecular complexity index is 213. The number of carbonyl (C=O) groups excluding carboxylic acids is 1. The van der Waals surface area contributed by atoms with Gasteiger partial charge >= 0.3 is 0 Å². The monoisotopic (exact) mass is 198 g/mol. The number of nitrogens with zero attached hydrogens (tertiary/aromatic N) is 1. The minimum absolute atomic E-state index is 0.186. The first-order chi connectivity index (χ1) is 6.47. The van der Waals surface area contributed by atoms with E-state index in [2.05, 4.69) is 19.2 Å². The first-order valence-corrected chi connectivity index (χ1v) is 5.42. The second-order valence-corrected chi connectivity index (χ2v) is 4.93. The average Bonchev–Trinajstić information content (AvgIpc) is 2.72. The second-order valence-electron chi connectivity index (χ2n) is 4.93. The molecule has 1 rings (SSSR count). The van der Waals surface area contributed by atoms with E-state index in [1.807, 2.05) is 14.0 Å². The van der Waals surface area contributed by atoms with Crippen molar-refractivity contribution in [3.63, 3.8) is 0 Å². The Balaban J connectivity index is 2.08. The van der Waals surface area contributed by atoms with Crippen molar-refractivity contribution in [2.24, 2.45) is 11.3 Å². The molecule has 0 aromatic heterocycles. The third-order valence-electron chi connectivity index (χ3n) is 3.28. The lowest BCUT2D eigenvalue weighted by Crippen LogP contribution is -2.36. The molecule has 0 bridgehead atoms. The van der Waals surface area contributed by atoms with Crippen LogP contribution < -0.4 is 5.32 Å². The summed E-state index contributed by atoms with van der Waals surface area (Å²) in [5.41, 5.74) is 0.507. The van der Waals surface area contributed by atoms with E-state index >= 15 is 0 Å². The maximum Gasteiger partial charge on any atom is 0.236 e. The van der Waals surface area contributed by atoms with E-state index in [9.17, 15) is 4.79 Å². The van der Waals surface area contributed by atoms with Crippen molar-refractivity contribution in [2.45, 2.75) is 27.2 Å². The molecule has 3 nitrogen and oxygen atoms in total. The van der Waals surface area contributed by atoms with E-state index in [0.717, 1.165) is 19.0 Å². The van der Waals surface area contributed by atoms with Crippen LogP contribution in [0.4, 0.5) is 0 Å². The van der Waals surface area contributed by atoms with Crippen molar-refractivity contribution in [1.29, 1.82) is 0 Å². The molecule has 14 heavy (non-hydrogen) atoms. The van der Waals surface area contributed by atoms with E-state index in [4.69, 9.17) is 0 Å². The molecule has 1 atom stereocenters. The summed E-state index contributed by atoms with van der Waals surface area (Å²) in [7, 11) is 1.84. The number of hydrogen-bond acceptors (Lipinski definition) is 2. The third-order valence-corrected chi connectivity index (χ3v) is 3.28. The zero-order valence-corrected chi connectivity index (χ0v) is 9.76. The Kier molecular flexibility index (Phi) is 3.53. The molecule has 1 amide bonds. The van der Waals surface area contributed by atoms with Crippen LogP contribution in [0.1, 0.15) is 27.2 Å². The van der Waals surface area contributed by atoms with E-state index in [0.29, 0.717) is 12.0 Å². The number of nitrogens with one attached hydrogen (secondary N) is 1. The van der Waals surface area contributed by atoms with Crippen LogP contribution in [-0.4, -0.2) is 37.5 Å². The summed E-state index contributed by atoms with van der Waals surface area (Å²) < 4.78 is 0. The summed E-state index contributed by atoms with van der Waals surface area (Å²) in [6, 6.07) is 0. The van der Waals surface area contributed by atoms with Gasteiger partial charge in [-0.1, -0.05) is 13.8 Å². The van der Waals surface area contributed by atoms with Crippen LogP contribution in [0.2, 0.25) is 0 Å². The fourth-order valence-electron chi connectivity index (χ4n) is 1.59. The molecule has 3 heteroatoms. The fourth-order valence-corrected chi connectivity index (χ4v) is 1.59. The number of amides is 1. The van der Waals surface area contributed by atoms with Crippen LogP contribution in [0, 0.1) is 11.3 Å². The van der Waals surface area contributed by atoms with Crippen LogP contribution in [0.5, 0.6) is 0 Å². The number of carbonyl (C=O) groups is 1. The maximum absolute atomic E-state index is 11.4. The lowest BCUT2D eigenvalue weighted by Gasteiger charge is -2.14. The lowest BCUT2D eigenvalue weighted by atomic mass is 10.1. The molecular weight excluding hydrogens is 176 g/mol. The first-order valence-electron chi connectivity index (χ1n) is 5.42. The van der Waals surface area contributed by atoms with Gasteiger partial charge in [-0.15, -0.1) is 0 Å². The van der Waals surface area contributed by atoms with Crippen molar-refractivity contribution >= 4 is 5.91 Å². The Morgan fingerprint density at radius 1 is 1.57 bits per heavy atom. The van der Waals surface area contributed by atoms with Crippen molar-refractivity contribution in [3.8, 4) is 0 Å². The van der Waals surface area contributed by atoms with Gasteiger partial charge in [-0.05, 0) is 31.2 Å². The minimum atomic E-state index is 0.186. The number of rotatable bonds is 5. The molecule has 0 aromatic carbocycles. The van der Waals surface area contributed by atoms with Gasteiger partial charge in [0.2, 0.25) is 5.91 Å². The van der Waals surface area contributed by atoms with Gasteiger partial charge in [0.25, 0.3) is 0 Å². The summed E-state index contributed by atoms with van der Waals surface area (Å²) in [5.74, 6) is 0.952. The predicted octanol–water partition coefficient (Wildman–Crippen LogP) is 1.10. The summed E-state index contributed by atoms with van der Waals surface area (Å²) in [6.07, 6.45) is 1.29. The smallest absolute Gasteiger partial charge is 0.236 e. The zero-order chi connectivity index (χ0) is 10.8. The Hall–Kier alpha value is -0.570. The molecular formula is C11H22N2O. The van der Waals surface area contributed by atoms with Crippen LogP contribution in [0.25, 0.3) is 0 Å². The highest BCUT2D eigenvalue weighted by Gasteiger charge is 2.44. The second kappa shape index (κ2) is 4.30. The van der Waals surface area contributed by atoms with E-state index in [1.165, 1.54) is 6.42 Å². The summed E-state index contributed by atoms with van der Waals surface area (Å²) in [6.45, 7) is 8.79. The molecule has 1 N–H and O–H groups in total. The molecule has 0 aromatic rings. The van der Waals surface area contributed by atoms with Crippen molar-refractivity contribution in [2.75, 3.05) is 26.7 Å². The van der Waals surface area contributed by atoms with Crippen molar-refractivity contribution in [1.82, 2.24) is 10.2 Å². The van der Waals surface area contributed by atoms with Crippen LogP contribution in [0.15, 0.2) is 0 Å². The Morgan fingerprint density at radius 3 is 2.57 bits per heavy atom. The van der Waals surface area contributed by atoms with Gasteiger partial charge < -0.3 is 10.2 Å². The van der Waals surface area contributed by atoms with Crippen LogP contribution >= 0.6 is 0 Å². The molecule has 1 unspecified atom stereocenters. The molecule has 1 fully saturated rings. The van der Waals surface area contributed by atoms with Gasteiger partial charge in [0.05, 0.1) is 6.54 Å². The largest absolute Gasteiger partial charge is 0.345 e. The van der Waals surface area contributed by atoms with Gasteiger partial charge in [-0.25, -0.2) is 0 Å². The Labute approximate surface area is 86.9 Å². The van der Waals surface area contributed by atoms with Gasteiger partial charge in [0.15, 0.2) is 0 Å². The van der Waals surface area contributed by atoms with Crippen LogP contribution in [0.3, 0.4) is 0 Å². The molecule has 1 saturated carbocycles. The minimum Gasteiger partial charge on any atom is -0.345 e. The van der Waals surface area contributed by atoms with Crippen molar-refractivity contribution < 1.29 is 4.79 Å². The van der Waals surface area contributed by atoms with E-state index < -0.39 is 0 Å². The molecule has 82 valence electrons. The van der Waals surface area contributed by atoms with Gasteiger partial charge in [-0.3, -0.25) is 4.79 Å². The lowest BCUT2D eigenvalue weighted by molar-refractivity contribution is -0.128. The first kappa shape index (κ1) is 11.5. The standard InChI is InChI=1S/C11H22N2O/c1-5-13(4)10(14)8-12-7-9-6-11(9,2)3/h9,12H,5-8H2,1-4H3. The summed E-state index contributed by atoms with van der Waals surface area (Å²) >= 11 is 0. The highest BCUT2D eigenvalue weighted by Crippen LogP contribution is 2.50. The normalized spacial score (nSPS) is 23.3. The van der Waals surface area contributed by atoms with Crippen LogP contribution in [-0.2, 0) is 4.79 Å². The average molecular weight is 198 g/mol. The van der Waals surface area contributed by atoms with Gasteiger partial charge in [0, 0.05) is 13.6 Å². The van der Waals surface area contributed by atoms with Gasteiger partial charge in [-0.2, -0.15) is 0 Å². The van der Waals surface area contributed by atoms with E-state index in [-0.39, 0.29) is 5.91 Å². The quantitative estimate of drug-likeness (QED) is 0.717. The predicted molar refractivity (Wildman–Crippen MR) is 58.1 cm³/mol. The van der Waals surface area contributed by atoms with Gasteiger partial charge in [0.1, 0.15) is 0 Å². The zero-order valence-electron chi connectivity index (χ0n) is 9.76. The number of hydrogen-bond donors (Lipinski definition) is 1. The molecule has 0 saturated heterocycles. The SMILES string of the molecule is CCN(C)C(=O)CNCC1CC1(C)C. The molecule has 0 radical (unpaired) electrons. The third kappa shape index (κ3) is 2.98. The fraction of sp³-hybridized carbons (Fsp3) is 0.909. The summed E-state index contributed by atoms with van der Waals surface area (Å²) in [5, 5.41) is 3.23. The highest BCUT2D eigenvalue weighted by atomic mass is 16.2.